The summed E-state index contributed by atoms with van der Waals surface area (Å²) in [7, 11) is 1.50. The van der Waals surface area contributed by atoms with Crippen LogP contribution in [0.2, 0.25) is 0 Å². The Balaban J connectivity index is 1.84. The maximum absolute atomic E-state index is 12.3. The number of methoxy groups -OCH3 is 1. The number of esters is 1. The normalized spacial score (nSPS) is 10.4. The van der Waals surface area contributed by atoms with Crippen molar-refractivity contribution in [2.24, 2.45) is 0 Å². The van der Waals surface area contributed by atoms with Crippen LogP contribution >= 0.6 is 23.1 Å². The van der Waals surface area contributed by atoms with Crippen molar-refractivity contribution in [3.05, 3.63) is 45.9 Å². The van der Waals surface area contributed by atoms with Crippen LogP contribution in [0.25, 0.3) is 0 Å². The molecule has 0 saturated carbocycles. The lowest BCUT2D eigenvalue weighted by atomic mass is 10.2. The Hall–Kier alpha value is -2.43. The van der Waals surface area contributed by atoms with E-state index in [0.717, 1.165) is 15.6 Å². The zero-order valence-corrected chi connectivity index (χ0v) is 17.2. The summed E-state index contributed by atoms with van der Waals surface area (Å²) in [4.78, 5) is 40.7. The summed E-state index contributed by atoms with van der Waals surface area (Å²) in [5.41, 5.74) is 1.30. The molecule has 0 radical (unpaired) electrons. The minimum absolute atomic E-state index is 0.262. The minimum Gasteiger partial charge on any atom is -0.452 e. The molecule has 0 unspecified atom stereocenters. The first-order valence-electron chi connectivity index (χ1n) is 8.36. The summed E-state index contributed by atoms with van der Waals surface area (Å²) in [6.45, 7) is 1.97. The Morgan fingerprint density at radius 2 is 2.04 bits per heavy atom. The van der Waals surface area contributed by atoms with Gasteiger partial charge in [0.25, 0.3) is 5.91 Å². The highest BCUT2D eigenvalue weighted by atomic mass is 32.2. The monoisotopic (exact) mass is 423 g/mol. The van der Waals surface area contributed by atoms with Crippen molar-refractivity contribution >= 4 is 41.0 Å². The zero-order valence-electron chi connectivity index (χ0n) is 15.5. The number of thioether (sulfide) groups is 1. The van der Waals surface area contributed by atoms with E-state index in [-0.39, 0.29) is 6.54 Å². The topological polar surface area (TPSA) is 107 Å². The van der Waals surface area contributed by atoms with Crippen molar-refractivity contribution in [3.8, 4) is 0 Å². The molecule has 0 bridgehead atoms. The van der Waals surface area contributed by atoms with E-state index in [1.165, 1.54) is 18.9 Å². The Kier molecular flexibility index (Phi) is 8.92. The molecule has 1 aromatic carbocycles. The fraction of sp³-hybridized carbons (Fsp3) is 0.333. The van der Waals surface area contributed by atoms with Crippen LogP contribution < -0.4 is 10.6 Å². The molecule has 0 spiro atoms. The number of carbonyl (C=O) groups excluding carboxylic acids is 3. The molecule has 1 heterocycles. The third kappa shape index (κ3) is 7.29. The number of rotatable bonds is 9. The van der Waals surface area contributed by atoms with Crippen LogP contribution in [0.15, 0.2) is 34.5 Å². The number of amides is 3. The quantitative estimate of drug-likeness (QED) is 0.362. The predicted octanol–water partition coefficient (Wildman–Crippen LogP) is 2.37. The summed E-state index contributed by atoms with van der Waals surface area (Å²) >= 11 is 3.04. The van der Waals surface area contributed by atoms with Gasteiger partial charge in [0, 0.05) is 29.7 Å². The largest absolute Gasteiger partial charge is 0.452 e. The van der Waals surface area contributed by atoms with Crippen LogP contribution in [-0.4, -0.2) is 49.8 Å². The molecule has 0 aliphatic carbocycles. The van der Waals surface area contributed by atoms with Gasteiger partial charge in [-0.15, -0.1) is 23.1 Å². The SMILES string of the molecule is COCCNC(=O)NC(=O)COC(=O)c1ccccc1SCc1csc(C)n1. The van der Waals surface area contributed by atoms with Crippen molar-refractivity contribution in [1.82, 2.24) is 15.6 Å². The fourth-order valence-corrected chi connectivity index (χ4v) is 3.72. The molecular formula is C18H21N3O5S2. The van der Waals surface area contributed by atoms with E-state index in [1.54, 1.807) is 23.5 Å². The molecule has 0 fully saturated rings. The van der Waals surface area contributed by atoms with Gasteiger partial charge >= 0.3 is 12.0 Å². The molecule has 0 aliphatic heterocycles. The number of benzene rings is 1. The standard InChI is InChI=1S/C18H21N3O5S2/c1-12-20-13(10-27-12)11-28-15-6-4-3-5-14(15)17(23)26-9-16(22)21-18(24)19-7-8-25-2/h3-6,10H,7-9,11H2,1-2H3,(H2,19,21,22,24). The van der Waals surface area contributed by atoms with E-state index in [0.29, 0.717) is 17.9 Å². The maximum atomic E-state index is 12.3. The summed E-state index contributed by atoms with van der Waals surface area (Å²) in [5.74, 6) is -0.726. The van der Waals surface area contributed by atoms with Crippen LogP contribution in [0.5, 0.6) is 0 Å². The highest BCUT2D eigenvalue weighted by Gasteiger charge is 2.16. The van der Waals surface area contributed by atoms with Crippen LogP contribution in [-0.2, 0) is 20.0 Å². The van der Waals surface area contributed by atoms with Gasteiger partial charge in [0.2, 0.25) is 0 Å². The van der Waals surface area contributed by atoms with Crippen molar-refractivity contribution in [3.63, 3.8) is 0 Å². The molecule has 2 aromatic rings. The number of aromatic nitrogens is 1. The minimum atomic E-state index is -0.716. The molecule has 2 N–H and O–H groups in total. The molecule has 3 amide bonds. The van der Waals surface area contributed by atoms with Crippen molar-refractivity contribution in [2.75, 3.05) is 26.9 Å². The second-order valence-electron chi connectivity index (χ2n) is 5.52. The predicted molar refractivity (Wildman–Crippen MR) is 107 cm³/mol. The number of ether oxygens (including phenoxy) is 2. The lowest BCUT2D eigenvalue weighted by Gasteiger charge is -2.09. The number of thiazole rings is 1. The van der Waals surface area contributed by atoms with E-state index >= 15 is 0 Å². The second-order valence-corrected chi connectivity index (χ2v) is 7.60. The van der Waals surface area contributed by atoms with E-state index in [1.807, 2.05) is 24.4 Å². The fourth-order valence-electron chi connectivity index (χ4n) is 2.07. The Labute approximate surface area is 171 Å². The van der Waals surface area contributed by atoms with Crippen LogP contribution in [0.1, 0.15) is 21.1 Å². The van der Waals surface area contributed by atoms with Gasteiger partial charge < -0.3 is 14.8 Å². The first kappa shape index (κ1) is 21.9. The highest BCUT2D eigenvalue weighted by molar-refractivity contribution is 7.98. The van der Waals surface area contributed by atoms with Gasteiger partial charge in [0.1, 0.15) is 0 Å². The van der Waals surface area contributed by atoms with Gasteiger partial charge in [-0.1, -0.05) is 12.1 Å². The zero-order chi connectivity index (χ0) is 20.4. The number of hydrogen-bond donors (Lipinski definition) is 2. The van der Waals surface area contributed by atoms with E-state index in [2.05, 4.69) is 15.6 Å². The smallest absolute Gasteiger partial charge is 0.339 e. The summed E-state index contributed by atoms with van der Waals surface area (Å²) in [6, 6.07) is 6.31. The van der Waals surface area contributed by atoms with Gasteiger partial charge in [-0.2, -0.15) is 0 Å². The van der Waals surface area contributed by atoms with Crippen LogP contribution in [0, 0.1) is 6.92 Å². The molecule has 2 rings (SSSR count). The number of nitrogens with zero attached hydrogens (tertiary/aromatic N) is 1. The molecule has 0 saturated heterocycles. The first-order valence-corrected chi connectivity index (χ1v) is 10.2. The van der Waals surface area contributed by atoms with Crippen LogP contribution in [0.3, 0.4) is 0 Å². The van der Waals surface area contributed by atoms with E-state index in [9.17, 15) is 14.4 Å². The number of imide groups is 1. The lowest BCUT2D eigenvalue weighted by Crippen LogP contribution is -2.42. The first-order chi connectivity index (χ1) is 13.5. The lowest BCUT2D eigenvalue weighted by molar-refractivity contribution is -0.123. The van der Waals surface area contributed by atoms with Gasteiger partial charge in [-0.3, -0.25) is 10.1 Å². The van der Waals surface area contributed by atoms with Gasteiger partial charge in [-0.25, -0.2) is 14.6 Å². The Bertz CT molecular complexity index is 825. The molecule has 150 valence electrons. The Morgan fingerprint density at radius 3 is 2.75 bits per heavy atom. The third-order valence-electron chi connectivity index (χ3n) is 3.33. The molecule has 10 heteroatoms. The second kappa shape index (κ2) is 11.4. The molecule has 8 nitrogen and oxygen atoms in total. The molecular weight excluding hydrogens is 402 g/mol. The van der Waals surface area contributed by atoms with E-state index in [4.69, 9.17) is 9.47 Å². The summed E-state index contributed by atoms with van der Waals surface area (Å²) in [5, 5.41) is 7.47. The van der Waals surface area contributed by atoms with Crippen LogP contribution in [0.4, 0.5) is 4.79 Å². The summed E-state index contributed by atoms with van der Waals surface area (Å²) < 4.78 is 9.81. The molecule has 28 heavy (non-hydrogen) atoms. The van der Waals surface area contributed by atoms with Crippen molar-refractivity contribution < 1.29 is 23.9 Å². The van der Waals surface area contributed by atoms with Gasteiger partial charge in [-0.05, 0) is 19.1 Å². The number of urea groups is 1. The van der Waals surface area contributed by atoms with Gasteiger partial charge in [0.05, 0.1) is 22.9 Å². The molecule has 0 atom stereocenters. The third-order valence-corrected chi connectivity index (χ3v) is 5.26. The Morgan fingerprint density at radius 1 is 1.25 bits per heavy atom. The maximum Gasteiger partial charge on any atom is 0.339 e. The van der Waals surface area contributed by atoms with E-state index < -0.39 is 24.5 Å². The van der Waals surface area contributed by atoms with Crippen molar-refractivity contribution in [2.45, 2.75) is 17.6 Å². The summed E-state index contributed by atoms with van der Waals surface area (Å²) in [6.07, 6.45) is 0. The number of hydrogen-bond acceptors (Lipinski definition) is 8. The molecule has 0 aliphatic rings. The van der Waals surface area contributed by atoms with Gasteiger partial charge in [0.15, 0.2) is 6.61 Å². The highest BCUT2D eigenvalue weighted by Crippen LogP contribution is 2.27. The average molecular weight is 424 g/mol. The molecule has 1 aromatic heterocycles. The van der Waals surface area contributed by atoms with Crippen molar-refractivity contribution in [1.29, 1.82) is 0 Å². The number of nitrogens with one attached hydrogen (secondary N) is 2. The average Bonchev–Trinajstić information content (AvgIpc) is 3.10. The number of aryl methyl sites for hydroxylation is 1. The number of carbonyl (C=O) groups is 3.